The SMILES string of the molecule is COc1cccc(N(C)C2(CN)CCCN(C)CC2)c1. The summed E-state index contributed by atoms with van der Waals surface area (Å²) in [5, 5.41) is 0. The Hall–Kier alpha value is -1.26. The molecule has 1 aliphatic rings. The molecule has 0 bridgehead atoms. The van der Waals surface area contributed by atoms with Crippen LogP contribution in [-0.2, 0) is 0 Å². The smallest absolute Gasteiger partial charge is 0.120 e. The third kappa shape index (κ3) is 3.07. The van der Waals surface area contributed by atoms with Gasteiger partial charge in [0.15, 0.2) is 0 Å². The van der Waals surface area contributed by atoms with Crippen LogP contribution in [0.5, 0.6) is 5.75 Å². The maximum Gasteiger partial charge on any atom is 0.120 e. The van der Waals surface area contributed by atoms with Gasteiger partial charge in [-0.25, -0.2) is 0 Å². The van der Waals surface area contributed by atoms with Crippen molar-refractivity contribution in [3.63, 3.8) is 0 Å². The number of methoxy groups -OCH3 is 1. The fourth-order valence-corrected chi connectivity index (χ4v) is 3.08. The third-order valence-electron chi connectivity index (χ3n) is 4.67. The normalized spacial score (nSPS) is 24.2. The van der Waals surface area contributed by atoms with E-state index in [2.05, 4.69) is 36.0 Å². The van der Waals surface area contributed by atoms with Crippen molar-refractivity contribution in [2.75, 3.05) is 45.7 Å². The number of nitrogens with zero attached hydrogens (tertiary/aromatic N) is 2. The first kappa shape index (κ1) is 15.1. The molecule has 1 aromatic rings. The fraction of sp³-hybridized carbons (Fsp3) is 0.625. The minimum absolute atomic E-state index is 0.0527. The molecule has 0 saturated carbocycles. The summed E-state index contributed by atoms with van der Waals surface area (Å²) in [7, 11) is 6.06. The van der Waals surface area contributed by atoms with Gasteiger partial charge in [-0.3, -0.25) is 0 Å². The van der Waals surface area contributed by atoms with Crippen LogP contribution >= 0.6 is 0 Å². The molecule has 0 radical (unpaired) electrons. The first-order valence-corrected chi connectivity index (χ1v) is 7.38. The maximum absolute atomic E-state index is 6.17. The van der Waals surface area contributed by atoms with E-state index in [9.17, 15) is 0 Å². The highest BCUT2D eigenvalue weighted by Crippen LogP contribution is 2.32. The van der Waals surface area contributed by atoms with Gasteiger partial charge in [-0.2, -0.15) is 0 Å². The van der Waals surface area contributed by atoms with Crippen molar-refractivity contribution >= 4 is 5.69 Å². The van der Waals surface area contributed by atoms with Crippen LogP contribution in [0.25, 0.3) is 0 Å². The zero-order valence-electron chi connectivity index (χ0n) is 12.9. The Morgan fingerprint density at radius 1 is 1.35 bits per heavy atom. The van der Waals surface area contributed by atoms with Crippen LogP contribution in [-0.4, -0.2) is 51.3 Å². The molecule has 1 aromatic carbocycles. The van der Waals surface area contributed by atoms with Gasteiger partial charge in [0.25, 0.3) is 0 Å². The highest BCUT2D eigenvalue weighted by atomic mass is 16.5. The standard InChI is InChI=1S/C16H27N3O/c1-18-10-5-8-16(13-17,9-11-18)19(2)14-6-4-7-15(12-14)20-3/h4,6-7,12H,5,8-11,13,17H2,1-3H3. The van der Waals surface area contributed by atoms with E-state index in [0.717, 1.165) is 31.7 Å². The molecular weight excluding hydrogens is 250 g/mol. The van der Waals surface area contributed by atoms with E-state index < -0.39 is 0 Å². The lowest BCUT2D eigenvalue weighted by molar-refractivity contribution is 0.324. The lowest BCUT2D eigenvalue weighted by Gasteiger charge is -2.42. The van der Waals surface area contributed by atoms with Crippen LogP contribution in [0.4, 0.5) is 5.69 Å². The Bertz CT molecular complexity index is 437. The minimum atomic E-state index is 0.0527. The van der Waals surface area contributed by atoms with Crippen molar-refractivity contribution < 1.29 is 4.74 Å². The predicted octanol–water partition coefficient (Wildman–Crippen LogP) is 1.94. The molecule has 0 spiro atoms. The summed E-state index contributed by atoms with van der Waals surface area (Å²) in [6.07, 6.45) is 3.44. The molecule has 2 rings (SSSR count). The molecule has 1 heterocycles. The molecule has 1 saturated heterocycles. The second-order valence-corrected chi connectivity index (χ2v) is 5.85. The van der Waals surface area contributed by atoms with E-state index in [0.29, 0.717) is 6.54 Å². The van der Waals surface area contributed by atoms with Crippen LogP contribution in [0, 0.1) is 0 Å². The molecule has 0 aliphatic carbocycles. The molecule has 20 heavy (non-hydrogen) atoms. The van der Waals surface area contributed by atoms with E-state index in [1.807, 2.05) is 12.1 Å². The first-order chi connectivity index (χ1) is 9.61. The predicted molar refractivity (Wildman–Crippen MR) is 84.5 cm³/mol. The molecular formula is C16H27N3O. The molecule has 4 heteroatoms. The third-order valence-corrected chi connectivity index (χ3v) is 4.67. The zero-order valence-corrected chi connectivity index (χ0v) is 12.9. The Balaban J connectivity index is 2.24. The highest BCUT2D eigenvalue weighted by Gasteiger charge is 2.35. The molecule has 112 valence electrons. The van der Waals surface area contributed by atoms with E-state index >= 15 is 0 Å². The van der Waals surface area contributed by atoms with Gasteiger partial charge < -0.3 is 20.3 Å². The Morgan fingerprint density at radius 2 is 2.15 bits per heavy atom. The lowest BCUT2D eigenvalue weighted by Crippen LogP contribution is -2.53. The van der Waals surface area contributed by atoms with Gasteiger partial charge in [-0.1, -0.05) is 6.07 Å². The van der Waals surface area contributed by atoms with Gasteiger partial charge in [-0.05, 0) is 45.0 Å². The summed E-state index contributed by atoms with van der Waals surface area (Å²) >= 11 is 0. The van der Waals surface area contributed by atoms with Crippen molar-refractivity contribution in [1.82, 2.24) is 4.90 Å². The average Bonchev–Trinajstić information content (AvgIpc) is 2.69. The Kier molecular flexibility index (Phi) is 4.89. The first-order valence-electron chi connectivity index (χ1n) is 7.38. The summed E-state index contributed by atoms with van der Waals surface area (Å²) in [5.41, 5.74) is 7.40. The van der Waals surface area contributed by atoms with Gasteiger partial charge in [0.2, 0.25) is 0 Å². The molecule has 1 atom stereocenters. The topological polar surface area (TPSA) is 41.7 Å². The lowest BCUT2D eigenvalue weighted by atomic mass is 9.88. The van der Waals surface area contributed by atoms with Crippen molar-refractivity contribution in [2.24, 2.45) is 5.73 Å². The van der Waals surface area contributed by atoms with Gasteiger partial charge in [0.1, 0.15) is 5.75 Å². The van der Waals surface area contributed by atoms with E-state index in [4.69, 9.17) is 10.5 Å². The highest BCUT2D eigenvalue weighted by molar-refractivity contribution is 5.52. The molecule has 0 aromatic heterocycles. The van der Waals surface area contributed by atoms with E-state index in [1.165, 1.54) is 12.1 Å². The van der Waals surface area contributed by atoms with Crippen LogP contribution in [0.3, 0.4) is 0 Å². The fourth-order valence-electron chi connectivity index (χ4n) is 3.08. The number of anilines is 1. The molecule has 1 fully saturated rings. The number of likely N-dealkylation sites (tertiary alicyclic amines) is 1. The van der Waals surface area contributed by atoms with Crippen molar-refractivity contribution in [3.8, 4) is 5.75 Å². The molecule has 4 nitrogen and oxygen atoms in total. The number of rotatable bonds is 4. The van der Waals surface area contributed by atoms with Gasteiger partial charge >= 0.3 is 0 Å². The second kappa shape index (κ2) is 6.46. The summed E-state index contributed by atoms with van der Waals surface area (Å²) in [4.78, 5) is 4.76. The largest absolute Gasteiger partial charge is 0.497 e. The van der Waals surface area contributed by atoms with Crippen molar-refractivity contribution in [2.45, 2.75) is 24.8 Å². The quantitative estimate of drug-likeness (QED) is 0.913. The molecule has 1 unspecified atom stereocenters. The van der Waals surface area contributed by atoms with Gasteiger partial charge in [-0.15, -0.1) is 0 Å². The summed E-state index contributed by atoms with van der Waals surface area (Å²) < 4.78 is 5.33. The summed E-state index contributed by atoms with van der Waals surface area (Å²) in [5.74, 6) is 0.896. The maximum atomic E-state index is 6.17. The minimum Gasteiger partial charge on any atom is -0.497 e. The molecule has 2 N–H and O–H groups in total. The number of hydrogen-bond donors (Lipinski definition) is 1. The van der Waals surface area contributed by atoms with Crippen molar-refractivity contribution in [1.29, 1.82) is 0 Å². The Labute approximate surface area is 122 Å². The summed E-state index contributed by atoms with van der Waals surface area (Å²) in [6, 6.07) is 8.24. The average molecular weight is 277 g/mol. The summed E-state index contributed by atoms with van der Waals surface area (Å²) in [6.45, 7) is 2.95. The molecule has 0 amide bonds. The van der Waals surface area contributed by atoms with Crippen LogP contribution in [0.1, 0.15) is 19.3 Å². The monoisotopic (exact) mass is 277 g/mol. The van der Waals surface area contributed by atoms with Gasteiger partial charge in [0, 0.05) is 31.9 Å². The van der Waals surface area contributed by atoms with Crippen LogP contribution < -0.4 is 15.4 Å². The van der Waals surface area contributed by atoms with Crippen LogP contribution in [0.15, 0.2) is 24.3 Å². The van der Waals surface area contributed by atoms with Gasteiger partial charge in [0.05, 0.1) is 12.6 Å². The number of likely N-dealkylation sites (N-methyl/N-ethyl adjacent to an activating group) is 1. The van der Waals surface area contributed by atoms with E-state index in [-0.39, 0.29) is 5.54 Å². The molecule has 1 aliphatic heterocycles. The Morgan fingerprint density at radius 3 is 2.85 bits per heavy atom. The number of ether oxygens (including phenoxy) is 1. The number of nitrogens with two attached hydrogens (primary N) is 1. The van der Waals surface area contributed by atoms with Crippen LogP contribution in [0.2, 0.25) is 0 Å². The number of hydrogen-bond acceptors (Lipinski definition) is 4. The second-order valence-electron chi connectivity index (χ2n) is 5.85. The van der Waals surface area contributed by atoms with Crippen molar-refractivity contribution in [3.05, 3.63) is 24.3 Å². The number of benzene rings is 1. The van der Waals surface area contributed by atoms with E-state index in [1.54, 1.807) is 7.11 Å². The zero-order chi connectivity index (χ0) is 14.6.